The molecule has 0 saturated carbocycles. The van der Waals surface area contributed by atoms with Gasteiger partial charge in [0.15, 0.2) is 0 Å². The molecule has 0 amide bonds. The fourth-order valence-electron chi connectivity index (χ4n) is 0.0873. The van der Waals surface area contributed by atoms with Crippen molar-refractivity contribution in [3.63, 3.8) is 0 Å². The Bertz CT molecular complexity index is 115. The van der Waals surface area contributed by atoms with Crippen molar-refractivity contribution in [3.8, 4) is 0 Å². The summed E-state index contributed by atoms with van der Waals surface area (Å²) in [4.78, 5) is 9.68. The highest BCUT2D eigenvalue weighted by atomic mass is 16.5. The number of hydrogen-bond donors (Lipinski definition) is 3. The normalized spacial score (nSPS) is 10.8. The second kappa shape index (κ2) is 1.94. The van der Waals surface area contributed by atoms with Gasteiger partial charge < -0.3 is 15.3 Å². The van der Waals surface area contributed by atoms with Crippen molar-refractivity contribution in [1.29, 1.82) is 0 Å². The van der Waals surface area contributed by atoms with Gasteiger partial charge in [-0.2, -0.15) is 0 Å². The number of aliphatic hydroxyl groups is 2. The fourth-order valence-corrected chi connectivity index (χ4v) is 0.0873. The molecule has 0 unspecified atom stereocenters. The van der Waals surface area contributed by atoms with Crippen molar-refractivity contribution in [2.45, 2.75) is 5.79 Å². The van der Waals surface area contributed by atoms with E-state index in [2.05, 4.69) is 6.58 Å². The molecule has 3 N–H and O–H groups in total. The lowest BCUT2D eigenvalue weighted by molar-refractivity contribution is -0.186. The van der Waals surface area contributed by atoms with E-state index < -0.39 is 11.8 Å². The SMILES string of the molecule is C=CC(O)(O)C(=O)O. The maximum absolute atomic E-state index is 9.68. The third kappa shape index (κ3) is 1.32. The zero-order valence-corrected chi connectivity index (χ0v) is 4.03. The Morgan fingerprint density at radius 3 is 2.00 bits per heavy atom. The van der Waals surface area contributed by atoms with E-state index in [0.717, 1.165) is 0 Å². The number of carbonyl (C=O) groups is 1. The van der Waals surface area contributed by atoms with Crippen LogP contribution in [0.5, 0.6) is 0 Å². The summed E-state index contributed by atoms with van der Waals surface area (Å²) in [5.41, 5.74) is 0. The molecule has 0 saturated heterocycles. The van der Waals surface area contributed by atoms with E-state index in [1.165, 1.54) is 0 Å². The minimum absolute atomic E-state index is 0.523. The Morgan fingerprint density at radius 1 is 1.62 bits per heavy atom. The average molecular weight is 118 g/mol. The number of carboxylic acid groups (broad SMARTS) is 1. The van der Waals surface area contributed by atoms with Gasteiger partial charge in [0, 0.05) is 0 Å². The third-order valence-corrected chi connectivity index (χ3v) is 0.599. The number of aliphatic carboxylic acids is 1. The standard InChI is InChI=1S/C4H6O4/c1-2-4(7,8)3(5)6/h2,7-8H,1H2,(H,5,6). The van der Waals surface area contributed by atoms with Gasteiger partial charge >= 0.3 is 5.97 Å². The molecule has 0 aliphatic heterocycles. The van der Waals surface area contributed by atoms with Gasteiger partial charge in [0.05, 0.1) is 0 Å². The van der Waals surface area contributed by atoms with Gasteiger partial charge in [0.1, 0.15) is 0 Å². The number of hydrogen-bond acceptors (Lipinski definition) is 3. The van der Waals surface area contributed by atoms with E-state index in [4.69, 9.17) is 15.3 Å². The van der Waals surface area contributed by atoms with E-state index in [1.807, 2.05) is 0 Å². The molecule has 0 aromatic carbocycles. The molecular formula is C4H6O4. The molecule has 0 fully saturated rings. The van der Waals surface area contributed by atoms with E-state index in [1.54, 1.807) is 0 Å². The lowest BCUT2D eigenvalue weighted by Gasteiger charge is -2.08. The van der Waals surface area contributed by atoms with Gasteiger partial charge in [-0.05, 0) is 6.08 Å². The van der Waals surface area contributed by atoms with Crippen LogP contribution in [0.15, 0.2) is 12.7 Å². The summed E-state index contributed by atoms with van der Waals surface area (Å²) >= 11 is 0. The first-order valence-electron chi connectivity index (χ1n) is 1.82. The Morgan fingerprint density at radius 2 is 2.00 bits per heavy atom. The minimum Gasteiger partial charge on any atom is -0.477 e. The maximum Gasteiger partial charge on any atom is 0.368 e. The monoisotopic (exact) mass is 118 g/mol. The van der Waals surface area contributed by atoms with Crippen molar-refractivity contribution >= 4 is 5.97 Å². The Kier molecular flexibility index (Phi) is 1.72. The Labute approximate surface area is 45.7 Å². The molecule has 4 heteroatoms. The molecule has 46 valence electrons. The van der Waals surface area contributed by atoms with Gasteiger partial charge in [-0.25, -0.2) is 4.79 Å². The van der Waals surface area contributed by atoms with E-state index in [0.29, 0.717) is 6.08 Å². The van der Waals surface area contributed by atoms with Gasteiger partial charge in [0.2, 0.25) is 0 Å². The predicted molar refractivity (Wildman–Crippen MR) is 25.0 cm³/mol. The summed E-state index contributed by atoms with van der Waals surface area (Å²) in [6.45, 7) is 2.87. The summed E-state index contributed by atoms with van der Waals surface area (Å²) in [5.74, 6) is -4.51. The van der Waals surface area contributed by atoms with Crippen LogP contribution in [0.4, 0.5) is 0 Å². The number of carboxylic acids is 1. The van der Waals surface area contributed by atoms with Crippen molar-refractivity contribution in [2.24, 2.45) is 0 Å². The van der Waals surface area contributed by atoms with Gasteiger partial charge in [0.25, 0.3) is 5.79 Å². The summed E-state index contributed by atoms with van der Waals surface area (Å²) < 4.78 is 0. The maximum atomic E-state index is 9.68. The lowest BCUT2D eigenvalue weighted by Crippen LogP contribution is -2.35. The molecule has 0 bridgehead atoms. The Hall–Kier alpha value is -0.870. The molecule has 4 nitrogen and oxygen atoms in total. The van der Waals surface area contributed by atoms with Gasteiger partial charge in [-0.1, -0.05) is 6.58 Å². The van der Waals surface area contributed by atoms with Gasteiger partial charge in [-0.15, -0.1) is 0 Å². The topological polar surface area (TPSA) is 77.8 Å². The largest absolute Gasteiger partial charge is 0.477 e. The van der Waals surface area contributed by atoms with Crippen LogP contribution in [0.1, 0.15) is 0 Å². The molecule has 0 atom stereocenters. The zero-order valence-electron chi connectivity index (χ0n) is 4.03. The number of rotatable bonds is 2. The van der Waals surface area contributed by atoms with Crippen molar-refractivity contribution in [3.05, 3.63) is 12.7 Å². The lowest BCUT2D eigenvalue weighted by atomic mass is 10.3. The van der Waals surface area contributed by atoms with E-state index in [-0.39, 0.29) is 0 Å². The summed E-state index contributed by atoms with van der Waals surface area (Å²) in [7, 11) is 0. The molecule has 0 heterocycles. The minimum atomic E-state index is -2.78. The summed E-state index contributed by atoms with van der Waals surface area (Å²) in [6, 6.07) is 0. The summed E-state index contributed by atoms with van der Waals surface area (Å²) in [5, 5.41) is 24.3. The van der Waals surface area contributed by atoms with E-state index >= 15 is 0 Å². The van der Waals surface area contributed by atoms with Crippen molar-refractivity contribution in [2.75, 3.05) is 0 Å². The highest BCUT2D eigenvalue weighted by Crippen LogP contribution is 1.97. The molecule has 0 aromatic rings. The van der Waals surface area contributed by atoms with Crippen LogP contribution in [0.25, 0.3) is 0 Å². The average Bonchev–Trinajstić information content (AvgIpc) is 1.67. The highest BCUT2D eigenvalue weighted by molar-refractivity contribution is 5.77. The summed E-state index contributed by atoms with van der Waals surface area (Å²) in [6.07, 6.45) is 0.523. The molecule has 0 radical (unpaired) electrons. The van der Waals surface area contributed by atoms with Crippen molar-refractivity contribution in [1.82, 2.24) is 0 Å². The van der Waals surface area contributed by atoms with Crippen LogP contribution in [0.2, 0.25) is 0 Å². The first-order valence-corrected chi connectivity index (χ1v) is 1.82. The van der Waals surface area contributed by atoms with E-state index in [9.17, 15) is 4.79 Å². The van der Waals surface area contributed by atoms with Crippen LogP contribution in [-0.2, 0) is 4.79 Å². The smallest absolute Gasteiger partial charge is 0.368 e. The molecule has 0 aliphatic carbocycles. The fraction of sp³-hybridized carbons (Fsp3) is 0.250. The molecule has 0 aromatic heterocycles. The van der Waals surface area contributed by atoms with Crippen LogP contribution >= 0.6 is 0 Å². The molecule has 0 rings (SSSR count). The third-order valence-electron chi connectivity index (χ3n) is 0.599. The quantitative estimate of drug-likeness (QED) is 0.319. The van der Waals surface area contributed by atoms with Gasteiger partial charge in [-0.3, -0.25) is 0 Å². The first-order chi connectivity index (χ1) is 3.50. The molecule has 8 heavy (non-hydrogen) atoms. The second-order valence-electron chi connectivity index (χ2n) is 1.24. The molecule has 0 aliphatic rings. The zero-order chi connectivity index (χ0) is 6.78. The van der Waals surface area contributed by atoms with Crippen LogP contribution in [-0.4, -0.2) is 27.1 Å². The molecule has 0 spiro atoms. The molecular weight excluding hydrogens is 112 g/mol. The second-order valence-corrected chi connectivity index (χ2v) is 1.24. The van der Waals surface area contributed by atoms with Crippen molar-refractivity contribution < 1.29 is 20.1 Å². The predicted octanol–water partition coefficient (Wildman–Crippen LogP) is -1.06. The van der Waals surface area contributed by atoms with Crippen LogP contribution in [0.3, 0.4) is 0 Å². The van der Waals surface area contributed by atoms with Crippen LogP contribution in [0, 0.1) is 0 Å². The highest BCUT2D eigenvalue weighted by Gasteiger charge is 2.27. The van der Waals surface area contributed by atoms with Crippen LogP contribution < -0.4 is 0 Å². The first kappa shape index (κ1) is 7.13. The Balaban J connectivity index is 4.12.